The van der Waals surface area contributed by atoms with E-state index in [-0.39, 0.29) is 18.6 Å². The quantitative estimate of drug-likeness (QED) is 0.539. The first-order valence-corrected chi connectivity index (χ1v) is 8.81. The summed E-state index contributed by atoms with van der Waals surface area (Å²) in [6.45, 7) is 3.94. The second-order valence-electron chi connectivity index (χ2n) is 5.87. The first-order chi connectivity index (χ1) is 13.0. The number of Topliss-reactive ketones (excluding diaryl/α,β-unsaturated/α-hetero) is 1. The van der Waals surface area contributed by atoms with Crippen LogP contribution in [0.2, 0.25) is 0 Å². The molecule has 1 amide bonds. The summed E-state index contributed by atoms with van der Waals surface area (Å²) < 4.78 is 10.4. The van der Waals surface area contributed by atoms with Crippen molar-refractivity contribution in [3.05, 3.63) is 60.2 Å². The highest BCUT2D eigenvalue weighted by Gasteiger charge is 2.19. The van der Waals surface area contributed by atoms with Crippen LogP contribution in [0.1, 0.15) is 37.0 Å². The monoisotopic (exact) mass is 369 g/mol. The van der Waals surface area contributed by atoms with Gasteiger partial charge in [0.15, 0.2) is 11.9 Å². The lowest BCUT2D eigenvalue weighted by molar-refractivity contribution is -0.153. The molecule has 0 bridgehead atoms. The molecule has 2 rings (SSSR count). The fourth-order valence-electron chi connectivity index (χ4n) is 2.34. The Balaban J connectivity index is 1.77. The SMILES string of the molecule is CCOc1ccc(NC(=O)[C@@H](C)OC(=O)CCC(=O)c2ccccc2)cc1. The van der Waals surface area contributed by atoms with Gasteiger partial charge < -0.3 is 14.8 Å². The number of carbonyl (C=O) groups excluding carboxylic acids is 3. The van der Waals surface area contributed by atoms with E-state index < -0.39 is 18.0 Å². The molecular formula is C21H23NO5. The van der Waals surface area contributed by atoms with Gasteiger partial charge in [0.1, 0.15) is 5.75 Å². The van der Waals surface area contributed by atoms with E-state index in [1.54, 1.807) is 48.5 Å². The topological polar surface area (TPSA) is 81.7 Å². The third kappa shape index (κ3) is 6.58. The van der Waals surface area contributed by atoms with Crippen LogP contribution < -0.4 is 10.1 Å². The number of ether oxygens (including phenoxy) is 2. The number of carbonyl (C=O) groups is 3. The standard InChI is InChI=1S/C21H23NO5/c1-3-26-18-11-9-17(10-12-18)22-21(25)15(2)27-20(24)14-13-19(23)16-7-5-4-6-8-16/h4-12,15H,3,13-14H2,1-2H3,(H,22,25)/t15-/m1/s1. The Bertz CT molecular complexity index is 771. The number of ketones is 1. The molecule has 6 heteroatoms. The molecule has 0 heterocycles. The number of esters is 1. The lowest BCUT2D eigenvalue weighted by Gasteiger charge is -2.14. The lowest BCUT2D eigenvalue weighted by Crippen LogP contribution is -2.30. The summed E-state index contributed by atoms with van der Waals surface area (Å²) >= 11 is 0. The second kappa shape index (κ2) is 10.1. The van der Waals surface area contributed by atoms with Crippen molar-refractivity contribution in [2.45, 2.75) is 32.8 Å². The normalized spacial score (nSPS) is 11.3. The zero-order valence-electron chi connectivity index (χ0n) is 15.4. The van der Waals surface area contributed by atoms with Crippen LogP contribution in [0, 0.1) is 0 Å². The summed E-state index contributed by atoms with van der Waals surface area (Å²) in [5.74, 6) is -0.465. The van der Waals surface area contributed by atoms with Crippen molar-refractivity contribution in [1.29, 1.82) is 0 Å². The highest BCUT2D eigenvalue weighted by molar-refractivity contribution is 5.98. The molecule has 0 spiro atoms. The number of benzene rings is 2. The van der Waals surface area contributed by atoms with Gasteiger partial charge in [0.2, 0.25) is 0 Å². The molecule has 0 saturated carbocycles. The average molecular weight is 369 g/mol. The van der Waals surface area contributed by atoms with Crippen LogP contribution in [-0.4, -0.2) is 30.4 Å². The van der Waals surface area contributed by atoms with Gasteiger partial charge >= 0.3 is 5.97 Å². The van der Waals surface area contributed by atoms with Crippen molar-refractivity contribution in [1.82, 2.24) is 0 Å². The maximum absolute atomic E-state index is 12.1. The number of amides is 1. The Hall–Kier alpha value is -3.15. The van der Waals surface area contributed by atoms with Gasteiger partial charge in [-0.2, -0.15) is 0 Å². The number of rotatable bonds is 9. The molecular weight excluding hydrogens is 346 g/mol. The molecule has 0 aromatic heterocycles. The van der Waals surface area contributed by atoms with E-state index in [9.17, 15) is 14.4 Å². The molecule has 142 valence electrons. The largest absolute Gasteiger partial charge is 0.494 e. The van der Waals surface area contributed by atoms with Gasteiger partial charge in [-0.1, -0.05) is 30.3 Å². The van der Waals surface area contributed by atoms with E-state index in [4.69, 9.17) is 9.47 Å². The third-order valence-electron chi connectivity index (χ3n) is 3.76. The van der Waals surface area contributed by atoms with E-state index in [2.05, 4.69) is 5.32 Å². The predicted molar refractivity (Wildman–Crippen MR) is 102 cm³/mol. The molecule has 0 radical (unpaired) electrons. The summed E-state index contributed by atoms with van der Waals surface area (Å²) in [6, 6.07) is 15.6. The van der Waals surface area contributed by atoms with Gasteiger partial charge in [-0.15, -0.1) is 0 Å². The minimum absolute atomic E-state index is 0.0378. The summed E-state index contributed by atoms with van der Waals surface area (Å²) in [4.78, 5) is 36.0. The fraction of sp³-hybridized carbons (Fsp3) is 0.286. The highest BCUT2D eigenvalue weighted by Crippen LogP contribution is 2.16. The highest BCUT2D eigenvalue weighted by atomic mass is 16.5. The zero-order chi connectivity index (χ0) is 19.6. The van der Waals surface area contributed by atoms with Gasteiger partial charge in [0.05, 0.1) is 13.0 Å². The van der Waals surface area contributed by atoms with Crippen molar-refractivity contribution in [3.8, 4) is 5.75 Å². The molecule has 0 aliphatic rings. The second-order valence-corrected chi connectivity index (χ2v) is 5.87. The Labute approximate surface area is 158 Å². The number of anilines is 1. The first kappa shape index (κ1) is 20.2. The smallest absolute Gasteiger partial charge is 0.307 e. The molecule has 1 atom stereocenters. The average Bonchev–Trinajstić information content (AvgIpc) is 2.68. The van der Waals surface area contributed by atoms with Crippen LogP contribution in [0.4, 0.5) is 5.69 Å². The molecule has 2 aromatic rings. The Morgan fingerprint density at radius 2 is 1.63 bits per heavy atom. The van der Waals surface area contributed by atoms with E-state index in [1.165, 1.54) is 6.92 Å². The number of nitrogens with one attached hydrogen (secondary N) is 1. The van der Waals surface area contributed by atoms with Crippen molar-refractivity contribution < 1.29 is 23.9 Å². The van der Waals surface area contributed by atoms with Gasteiger partial charge in [0, 0.05) is 17.7 Å². The maximum atomic E-state index is 12.1. The van der Waals surface area contributed by atoms with E-state index >= 15 is 0 Å². The lowest BCUT2D eigenvalue weighted by atomic mass is 10.1. The Morgan fingerprint density at radius 3 is 2.26 bits per heavy atom. The first-order valence-electron chi connectivity index (χ1n) is 8.81. The minimum Gasteiger partial charge on any atom is -0.494 e. The zero-order valence-corrected chi connectivity index (χ0v) is 15.4. The summed E-state index contributed by atoms with van der Waals surface area (Å²) in [6.07, 6.45) is -0.999. The van der Waals surface area contributed by atoms with Crippen LogP contribution in [0.3, 0.4) is 0 Å². The van der Waals surface area contributed by atoms with Crippen LogP contribution in [0.25, 0.3) is 0 Å². The number of hydrogen-bond donors (Lipinski definition) is 1. The van der Waals surface area contributed by atoms with Crippen LogP contribution in [0.15, 0.2) is 54.6 Å². The fourth-order valence-corrected chi connectivity index (χ4v) is 2.34. The molecule has 0 aliphatic carbocycles. The van der Waals surface area contributed by atoms with Crippen molar-refractivity contribution in [2.24, 2.45) is 0 Å². The minimum atomic E-state index is -0.962. The molecule has 0 saturated heterocycles. The van der Waals surface area contributed by atoms with Crippen molar-refractivity contribution in [2.75, 3.05) is 11.9 Å². The van der Waals surface area contributed by atoms with E-state index in [1.807, 2.05) is 13.0 Å². The predicted octanol–water partition coefficient (Wildman–Crippen LogP) is 3.62. The molecule has 2 aromatic carbocycles. The number of hydrogen-bond acceptors (Lipinski definition) is 5. The van der Waals surface area contributed by atoms with E-state index in [0.29, 0.717) is 23.6 Å². The van der Waals surface area contributed by atoms with Crippen molar-refractivity contribution in [3.63, 3.8) is 0 Å². The Morgan fingerprint density at radius 1 is 0.963 bits per heavy atom. The molecule has 0 fully saturated rings. The third-order valence-corrected chi connectivity index (χ3v) is 3.76. The molecule has 0 unspecified atom stereocenters. The van der Waals surface area contributed by atoms with Gasteiger partial charge in [0.25, 0.3) is 5.91 Å². The van der Waals surface area contributed by atoms with Gasteiger partial charge in [-0.05, 0) is 38.1 Å². The molecule has 27 heavy (non-hydrogen) atoms. The molecule has 6 nitrogen and oxygen atoms in total. The Kier molecular flexibility index (Phi) is 7.55. The molecule has 1 N–H and O–H groups in total. The van der Waals surface area contributed by atoms with Crippen LogP contribution in [0.5, 0.6) is 5.75 Å². The summed E-state index contributed by atoms with van der Waals surface area (Å²) in [7, 11) is 0. The van der Waals surface area contributed by atoms with Crippen LogP contribution >= 0.6 is 0 Å². The summed E-state index contributed by atoms with van der Waals surface area (Å²) in [5.41, 5.74) is 1.12. The summed E-state index contributed by atoms with van der Waals surface area (Å²) in [5, 5.41) is 2.67. The van der Waals surface area contributed by atoms with E-state index in [0.717, 1.165) is 0 Å². The molecule has 0 aliphatic heterocycles. The van der Waals surface area contributed by atoms with Crippen LogP contribution in [-0.2, 0) is 14.3 Å². The van der Waals surface area contributed by atoms with Gasteiger partial charge in [-0.25, -0.2) is 0 Å². The van der Waals surface area contributed by atoms with Crippen molar-refractivity contribution >= 4 is 23.3 Å². The van der Waals surface area contributed by atoms with Gasteiger partial charge in [-0.3, -0.25) is 14.4 Å². The maximum Gasteiger partial charge on any atom is 0.307 e.